The van der Waals surface area contributed by atoms with Crippen molar-refractivity contribution in [3.63, 3.8) is 0 Å². The summed E-state index contributed by atoms with van der Waals surface area (Å²) in [4.78, 5) is 0. The van der Waals surface area contributed by atoms with Crippen molar-refractivity contribution in [2.75, 3.05) is 19.7 Å². The molecule has 1 aliphatic rings. The molecule has 1 aliphatic heterocycles. The molecule has 1 heterocycles. The Bertz CT molecular complexity index is 405. The zero-order valence-electron chi connectivity index (χ0n) is 10.0. The normalized spacial score (nSPS) is 19.8. The van der Waals surface area contributed by atoms with Crippen molar-refractivity contribution in [2.45, 2.75) is 19.3 Å². The zero-order valence-corrected chi connectivity index (χ0v) is 12.3. The van der Waals surface area contributed by atoms with Gasteiger partial charge in [-0.2, -0.15) is 0 Å². The van der Waals surface area contributed by atoms with Gasteiger partial charge in [0, 0.05) is 6.07 Å². The molecule has 100 valence electrons. The molecule has 1 aromatic rings. The van der Waals surface area contributed by atoms with Gasteiger partial charge in [-0.15, -0.1) is 0 Å². The van der Waals surface area contributed by atoms with Gasteiger partial charge in [0.1, 0.15) is 5.75 Å². The average molecular weight is 309 g/mol. The van der Waals surface area contributed by atoms with E-state index in [-0.39, 0.29) is 0 Å². The summed E-state index contributed by atoms with van der Waals surface area (Å²) < 4.78 is 5.67. The van der Waals surface area contributed by atoms with Crippen LogP contribution in [-0.2, 0) is 0 Å². The van der Waals surface area contributed by atoms with Gasteiger partial charge in [0.25, 0.3) is 0 Å². The number of piperidine rings is 1. The molecule has 1 fully saturated rings. The van der Waals surface area contributed by atoms with Crippen LogP contribution >= 0.6 is 34.8 Å². The van der Waals surface area contributed by atoms with Gasteiger partial charge in [0.05, 0.1) is 21.7 Å². The second-order valence-corrected chi connectivity index (χ2v) is 5.77. The maximum atomic E-state index is 6.04. The number of halogens is 3. The fraction of sp³-hybridized carbons (Fsp3) is 0.538. The molecule has 0 radical (unpaired) electrons. The average Bonchev–Trinajstić information content (AvgIpc) is 2.37. The summed E-state index contributed by atoms with van der Waals surface area (Å²) in [6.07, 6.45) is 3.55. The second-order valence-electron chi connectivity index (χ2n) is 4.55. The fourth-order valence-electron chi connectivity index (χ4n) is 2.12. The Kier molecular flexibility index (Phi) is 5.43. The van der Waals surface area contributed by atoms with E-state index in [1.807, 2.05) is 0 Å². The van der Waals surface area contributed by atoms with Crippen molar-refractivity contribution in [2.24, 2.45) is 5.92 Å². The minimum absolute atomic E-state index is 0.450. The van der Waals surface area contributed by atoms with Crippen LogP contribution in [-0.4, -0.2) is 19.7 Å². The van der Waals surface area contributed by atoms with Gasteiger partial charge in [-0.3, -0.25) is 0 Å². The zero-order chi connectivity index (χ0) is 13.0. The lowest BCUT2D eigenvalue weighted by molar-refractivity contribution is 0.254. The Balaban J connectivity index is 1.84. The number of ether oxygens (including phenoxy) is 1. The Labute approximate surface area is 123 Å². The molecule has 0 unspecified atom stereocenters. The predicted octanol–water partition coefficient (Wildman–Crippen LogP) is 4.42. The third-order valence-electron chi connectivity index (χ3n) is 3.16. The van der Waals surface area contributed by atoms with Gasteiger partial charge in [0.15, 0.2) is 0 Å². The minimum Gasteiger partial charge on any atom is -0.492 e. The first-order chi connectivity index (χ1) is 8.66. The standard InChI is InChI=1S/C13H16Cl3NO/c14-10-6-12(16)13(7-11(10)15)18-5-3-9-2-1-4-17-8-9/h6-7,9,17H,1-5,8H2/t9-/m1/s1. The van der Waals surface area contributed by atoms with Crippen molar-refractivity contribution in [1.82, 2.24) is 5.32 Å². The van der Waals surface area contributed by atoms with Gasteiger partial charge in [-0.05, 0) is 44.3 Å². The molecular weight excluding hydrogens is 293 g/mol. The van der Waals surface area contributed by atoms with E-state index in [1.165, 1.54) is 12.8 Å². The molecule has 0 aliphatic carbocycles. The molecule has 1 saturated heterocycles. The first kappa shape index (κ1) is 14.3. The van der Waals surface area contributed by atoms with E-state index in [9.17, 15) is 0 Å². The molecule has 0 amide bonds. The number of hydrogen-bond donors (Lipinski definition) is 1. The summed E-state index contributed by atoms with van der Waals surface area (Å²) in [5.41, 5.74) is 0. The number of nitrogens with one attached hydrogen (secondary N) is 1. The first-order valence-electron chi connectivity index (χ1n) is 6.15. The highest BCUT2D eigenvalue weighted by Gasteiger charge is 2.13. The van der Waals surface area contributed by atoms with Crippen molar-refractivity contribution >= 4 is 34.8 Å². The first-order valence-corrected chi connectivity index (χ1v) is 7.28. The summed E-state index contributed by atoms with van der Waals surface area (Å²) in [6, 6.07) is 3.29. The summed E-state index contributed by atoms with van der Waals surface area (Å²) >= 11 is 17.8. The summed E-state index contributed by atoms with van der Waals surface area (Å²) in [5, 5.41) is 4.81. The van der Waals surface area contributed by atoms with E-state index < -0.39 is 0 Å². The highest BCUT2D eigenvalue weighted by molar-refractivity contribution is 6.43. The van der Waals surface area contributed by atoms with Crippen molar-refractivity contribution in [3.8, 4) is 5.75 Å². The van der Waals surface area contributed by atoms with Crippen LogP contribution in [0.15, 0.2) is 12.1 Å². The van der Waals surface area contributed by atoms with Crippen LogP contribution in [0.3, 0.4) is 0 Å². The van der Waals surface area contributed by atoms with Crippen molar-refractivity contribution < 1.29 is 4.74 Å². The Morgan fingerprint density at radius 1 is 1.17 bits per heavy atom. The molecule has 0 spiro atoms. The van der Waals surface area contributed by atoms with Crippen molar-refractivity contribution in [3.05, 3.63) is 27.2 Å². The maximum absolute atomic E-state index is 6.04. The van der Waals surface area contributed by atoms with Crippen LogP contribution in [0.1, 0.15) is 19.3 Å². The van der Waals surface area contributed by atoms with Crippen LogP contribution < -0.4 is 10.1 Å². The Morgan fingerprint density at radius 3 is 2.67 bits per heavy atom. The summed E-state index contributed by atoms with van der Waals surface area (Å²) in [5.74, 6) is 1.30. The molecule has 0 aromatic heterocycles. The molecule has 1 aromatic carbocycles. The van der Waals surface area contributed by atoms with Gasteiger partial charge in [0.2, 0.25) is 0 Å². The van der Waals surface area contributed by atoms with E-state index in [4.69, 9.17) is 39.5 Å². The number of benzene rings is 1. The van der Waals surface area contributed by atoms with Crippen LogP contribution in [0.2, 0.25) is 15.1 Å². The smallest absolute Gasteiger partial charge is 0.139 e. The predicted molar refractivity (Wildman–Crippen MR) is 77.2 cm³/mol. The quantitative estimate of drug-likeness (QED) is 0.832. The molecule has 0 saturated carbocycles. The number of rotatable bonds is 4. The van der Waals surface area contributed by atoms with Gasteiger partial charge in [-0.1, -0.05) is 34.8 Å². The lowest BCUT2D eigenvalue weighted by Crippen LogP contribution is -2.30. The lowest BCUT2D eigenvalue weighted by Gasteiger charge is -2.22. The molecule has 2 nitrogen and oxygen atoms in total. The third kappa shape index (κ3) is 3.92. The summed E-state index contributed by atoms with van der Waals surface area (Å²) in [7, 11) is 0. The summed E-state index contributed by atoms with van der Waals surface area (Å²) in [6.45, 7) is 2.87. The third-order valence-corrected chi connectivity index (χ3v) is 4.17. The van der Waals surface area contributed by atoms with E-state index in [0.29, 0.717) is 33.3 Å². The van der Waals surface area contributed by atoms with E-state index >= 15 is 0 Å². The molecule has 0 bridgehead atoms. The van der Waals surface area contributed by atoms with Crippen LogP contribution in [0.5, 0.6) is 5.75 Å². The van der Waals surface area contributed by atoms with E-state index in [1.54, 1.807) is 12.1 Å². The van der Waals surface area contributed by atoms with Crippen LogP contribution in [0, 0.1) is 5.92 Å². The van der Waals surface area contributed by atoms with Crippen LogP contribution in [0.4, 0.5) is 0 Å². The SMILES string of the molecule is Clc1cc(Cl)c(OCC[C@H]2CCCNC2)cc1Cl. The second kappa shape index (κ2) is 6.85. The fourth-order valence-corrected chi connectivity index (χ4v) is 2.71. The monoisotopic (exact) mass is 307 g/mol. The largest absolute Gasteiger partial charge is 0.492 e. The molecule has 1 N–H and O–H groups in total. The Hall–Kier alpha value is -0.150. The minimum atomic E-state index is 0.450. The molecule has 5 heteroatoms. The highest BCUT2D eigenvalue weighted by atomic mass is 35.5. The van der Waals surface area contributed by atoms with Gasteiger partial charge < -0.3 is 10.1 Å². The van der Waals surface area contributed by atoms with E-state index in [2.05, 4.69) is 5.32 Å². The maximum Gasteiger partial charge on any atom is 0.139 e. The van der Waals surface area contributed by atoms with Crippen molar-refractivity contribution in [1.29, 1.82) is 0 Å². The molecule has 18 heavy (non-hydrogen) atoms. The Morgan fingerprint density at radius 2 is 1.94 bits per heavy atom. The van der Waals surface area contributed by atoms with Crippen LogP contribution in [0.25, 0.3) is 0 Å². The lowest BCUT2D eigenvalue weighted by atomic mass is 9.97. The van der Waals surface area contributed by atoms with Gasteiger partial charge in [-0.25, -0.2) is 0 Å². The molecular formula is C13H16Cl3NO. The highest BCUT2D eigenvalue weighted by Crippen LogP contribution is 2.34. The number of hydrogen-bond acceptors (Lipinski definition) is 2. The molecule has 2 rings (SSSR count). The molecule has 1 atom stereocenters. The van der Waals surface area contributed by atoms with E-state index in [0.717, 1.165) is 19.5 Å². The topological polar surface area (TPSA) is 21.3 Å². The van der Waals surface area contributed by atoms with Gasteiger partial charge >= 0.3 is 0 Å².